The van der Waals surface area contributed by atoms with Gasteiger partial charge in [-0.3, -0.25) is 9.59 Å². The van der Waals surface area contributed by atoms with Crippen LogP contribution in [0.5, 0.6) is 0 Å². The second-order valence-electron chi connectivity index (χ2n) is 3.95. The van der Waals surface area contributed by atoms with Crippen molar-refractivity contribution < 1.29 is 19.8 Å². The fourth-order valence-corrected chi connectivity index (χ4v) is 1.29. The number of carbonyl (C=O) groups excluding carboxylic acids is 1. The minimum absolute atomic E-state index is 0.0963. The van der Waals surface area contributed by atoms with Gasteiger partial charge in [-0.15, -0.1) is 11.6 Å². The van der Waals surface area contributed by atoms with E-state index in [4.69, 9.17) is 16.7 Å². The van der Waals surface area contributed by atoms with Crippen LogP contribution in [0.15, 0.2) is 0 Å². The Balaban J connectivity index is 0. The second-order valence-corrected chi connectivity index (χ2v) is 4.78. The molecule has 0 unspecified atom stereocenters. The number of carboxylic acid groups (broad SMARTS) is 1. The van der Waals surface area contributed by atoms with Gasteiger partial charge in [0, 0.05) is 24.6 Å². The summed E-state index contributed by atoms with van der Waals surface area (Å²) in [4.78, 5) is 20.7. The summed E-state index contributed by atoms with van der Waals surface area (Å²) in [6.07, 6.45) is 0.900. The minimum atomic E-state index is -0.966. The average molecular weight is 314 g/mol. The van der Waals surface area contributed by atoms with Gasteiger partial charge in [0.25, 0.3) is 0 Å². The Kier molecular flexibility index (Phi) is 15.3. The van der Waals surface area contributed by atoms with E-state index in [9.17, 15) is 14.7 Å². The quantitative estimate of drug-likeness (QED) is 0.404. The molecule has 0 bridgehead atoms. The summed E-state index contributed by atoms with van der Waals surface area (Å²) in [6.45, 7) is 3.99. The maximum atomic E-state index is 10.4. The molecule has 0 aliphatic heterocycles. The average Bonchev–Trinajstić information content (AvgIpc) is 2.41. The van der Waals surface area contributed by atoms with Crippen LogP contribution < -0.4 is 5.32 Å². The predicted molar refractivity (Wildman–Crippen MR) is 79.9 cm³/mol. The van der Waals surface area contributed by atoms with Crippen LogP contribution in [0.25, 0.3) is 0 Å². The maximum absolute atomic E-state index is 10.4. The van der Waals surface area contributed by atoms with E-state index in [1.807, 2.05) is 6.92 Å². The summed E-state index contributed by atoms with van der Waals surface area (Å²) in [5, 5.41) is 20.3. The van der Waals surface area contributed by atoms with Crippen LogP contribution in [0.1, 0.15) is 33.1 Å². The van der Waals surface area contributed by atoms with Gasteiger partial charge in [0.2, 0.25) is 5.91 Å². The third-order valence-electron chi connectivity index (χ3n) is 2.36. The van der Waals surface area contributed by atoms with E-state index in [0.29, 0.717) is 37.4 Å². The molecule has 0 aromatic carbocycles. The van der Waals surface area contributed by atoms with Gasteiger partial charge < -0.3 is 15.5 Å². The SMILES string of the molecule is CCC(=O)NCCS.C[C@H](C(=O)O)[C@H](O)CCCCl. The van der Waals surface area contributed by atoms with Gasteiger partial charge in [-0.25, -0.2) is 0 Å². The molecular formula is C12H24ClNO4S. The fraction of sp³-hybridized carbons (Fsp3) is 0.833. The minimum Gasteiger partial charge on any atom is -0.481 e. The molecular weight excluding hydrogens is 290 g/mol. The summed E-state index contributed by atoms with van der Waals surface area (Å²) in [5.74, 6) is -0.390. The number of aliphatic carboxylic acids is 1. The number of alkyl halides is 1. The van der Waals surface area contributed by atoms with Crippen molar-refractivity contribution in [2.24, 2.45) is 5.92 Å². The molecule has 0 aromatic rings. The van der Waals surface area contributed by atoms with Gasteiger partial charge in [-0.2, -0.15) is 12.6 Å². The van der Waals surface area contributed by atoms with Crippen LogP contribution >= 0.6 is 24.2 Å². The second kappa shape index (κ2) is 14.0. The summed E-state index contributed by atoms with van der Waals surface area (Å²) < 4.78 is 0. The molecule has 0 aromatic heterocycles. The van der Waals surface area contributed by atoms with Crippen molar-refractivity contribution in [3.8, 4) is 0 Å². The Bertz CT molecular complexity index is 254. The summed E-state index contributed by atoms with van der Waals surface area (Å²) in [6, 6.07) is 0. The lowest BCUT2D eigenvalue weighted by molar-refractivity contribution is -0.144. The molecule has 7 heteroatoms. The zero-order valence-corrected chi connectivity index (χ0v) is 13.1. The first-order chi connectivity index (χ1) is 8.90. The van der Waals surface area contributed by atoms with E-state index in [1.54, 1.807) is 0 Å². The summed E-state index contributed by atoms with van der Waals surface area (Å²) in [5.41, 5.74) is 0. The third-order valence-corrected chi connectivity index (χ3v) is 2.85. The third kappa shape index (κ3) is 13.8. The number of thiol groups is 1. The van der Waals surface area contributed by atoms with E-state index in [-0.39, 0.29) is 5.91 Å². The Morgan fingerprint density at radius 1 is 1.42 bits per heavy atom. The number of aliphatic hydroxyl groups excluding tert-OH is 1. The first-order valence-electron chi connectivity index (χ1n) is 6.25. The first-order valence-corrected chi connectivity index (χ1v) is 7.41. The van der Waals surface area contributed by atoms with Crippen molar-refractivity contribution in [2.75, 3.05) is 18.2 Å². The topological polar surface area (TPSA) is 86.6 Å². The summed E-state index contributed by atoms with van der Waals surface area (Å²) >= 11 is 9.29. The molecule has 3 N–H and O–H groups in total. The number of hydrogen-bond donors (Lipinski definition) is 4. The largest absolute Gasteiger partial charge is 0.481 e. The van der Waals surface area contributed by atoms with Gasteiger partial charge >= 0.3 is 5.97 Å². The van der Waals surface area contributed by atoms with Gasteiger partial charge in [0.15, 0.2) is 0 Å². The van der Waals surface area contributed by atoms with Crippen LogP contribution in [-0.4, -0.2) is 46.4 Å². The molecule has 1 amide bonds. The molecule has 0 radical (unpaired) electrons. The highest BCUT2D eigenvalue weighted by Crippen LogP contribution is 2.09. The maximum Gasteiger partial charge on any atom is 0.308 e. The van der Waals surface area contributed by atoms with E-state index in [1.165, 1.54) is 6.92 Å². The van der Waals surface area contributed by atoms with Gasteiger partial charge in [-0.05, 0) is 19.8 Å². The molecule has 0 spiro atoms. The predicted octanol–water partition coefficient (Wildman–Crippen LogP) is 1.53. The lowest BCUT2D eigenvalue weighted by Gasteiger charge is -2.13. The normalized spacial score (nSPS) is 12.9. The molecule has 0 saturated carbocycles. The molecule has 114 valence electrons. The number of aliphatic hydroxyl groups is 1. The summed E-state index contributed by atoms with van der Waals surface area (Å²) in [7, 11) is 0. The van der Waals surface area contributed by atoms with Crippen LogP contribution in [0.4, 0.5) is 0 Å². The highest BCUT2D eigenvalue weighted by molar-refractivity contribution is 7.80. The highest BCUT2D eigenvalue weighted by atomic mass is 35.5. The van der Waals surface area contributed by atoms with Crippen LogP contribution in [0.3, 0.4) is 0 Å². The van der Waals surface area contributed by atoms with Crippen molar-refractivity contribution in [3.63, 3.8) is 0 Å². The number of carboxylic acids is 1. The van der Waals surface area contributed by atoms with Crippen molar-refractivity contribution in [1.29, 1.82) is 0 Å². The van der Waals surface area contributed by atoms with E-state index >= 15 is 0 Å². The number of nitrogens with one attached hydrogen (secondary N) is 1. The lowest BCUT2D eigenvalue weighted by atomic mass is 10.0. The molecule has 0 fully saturated rings. The zero-order valence-electron chi connectivity index (χ0n) is 11.4. The Morgan fingerprint density at radius 3 is 2.37 bits per heavy atom. The van der Waals surface area contributed by atoms with Gasteiger partial charge in [0.1, 0.15) is 0 Å². The fourth-order valence-electron chi connectivity index (χ4n) is 1.02. The van der Waals surface area contributed by atoms with Crippen molar-refractivity contribution >= 4 is 36.1 Å². The smallest absolute Gasteiger partial charge is 0.308 e. The highest BCUT2D eigenvalue weighted by Gasteiger charge is 2.20. The standard InChI is InChI=1S/C7H13ClO3.C5H11NOS/c1-5(7(10)11)6(9)3-2-4-8;1-2-5(7)6-3-4-8/h5-6,9H,2-4H2,1H3,(H,10,11);8H,2-4H2,1H3,(H,6,7)/t5-,6+;/m0./s1. The van der Waals surface area contributed by atoms with Gasteiger partial charge in [-0.1, -0.05) is 6.92 Å². The van der Waals surface area contributed by atoms with Crippen molar-refractivity contribution in [2.45, 2.75) is 39.2 Å². The molecule has 0 rings (SSSR count). The number of carbonyl (C=O) groups is 2. The number of halogens is 1. The molecule has 19 heavy (non-hydrogen) atoms. The Morgan fingerprint density at radius 2 is 2.00 bits per heavy atom. The van der Waals surface area contributed by atoms with Crippen molar-refractivity contribution in [1.82, 2.24) is 5.32 Å². The molecule has 0 aliphatic rings. The van der Waals surface area contributed by atoms with E-state index < -0.39 is 18.0 Å². The van der Waals surface area contributed by atoms with Gasteiger partial charge in [0.05, 0.1) is 12.0 Å². The van der Waals surface area contributed by atoms with Crippen LogP contribution in [0, 0.1) is 5.92 Å². The zero-order chi connectivity index (χ0) is 15.3. The molecule has 5 nitrogen and oxygen atoms in total. The van der Waals surface area contributed by atoms with Crippen molar-refractivity contribution in [3.05, 3.63) is 0 Å². The molecule has 2 atom stereocenters. The molecule has 0 saturated heterocycles. The number of amides is 1. The van der Waals surface area contributed by atoms with Crippen LogP contribution in [0.2, 0.25) is 0 Å². The first kappa shape index (κ1) is 20.8. The molecule has 0 heterocycles. The molecule has 0 aliphatic carbocycles. The Labute approximate surface area is 125 Å². The number of rotatable bonds is 8. The van der Waals surface area contributed by atoms with E-state index in [0.717, 1.165) is 0 Å². The van der Waals surface area contributed by atoms with Crippen LogP contribution in [-0.2, 0) is 9.59 Å². The Hall–Kier alpha value is -0.460. The number of hydrogen-bond acceptors (Lipinski definition) is 4. The van der Waals surface area contributed by atoms with E-state index in [2.05, 4.69) is 17.9 Å². The lowest BCUT2D eigenvalue weighted by Crippen LogP contribution is -2.25. The monoisotopic (exact) mass is 313 g/mol.